The summed E-state index contributed by atoms with van der Waals surface area (Å²) in [4.78, 5) is 13.4. The minimum atomic E-state index is 0.397. The third kappa shape index (κ3) is 2.72. The van der Waals surface area contributed by atoms with Crippen LogP contribution in [0.3, 0.4) is 0 Å². The van der Waals surface area contributed by atoms with Gasteiger partial charge in [-0.05, 0) is 43.9 Å². The summed E-state index contributed by atoms with van der Waals surface area (Å²) in [6.45, 7) is 3.97. The molecular formula is C20H21N7O. The summed E-state index contributed by atoms with van der Waals surface area (Å²) < 4.78 is 8.77. The third-order valence-electron chi connectivity index (χ3n) is 5.31. The Kier molecular flexibility index (Phi) is 3.68. The molecule has 2 atom stereocenters. The van der Waals surface area contributed by atoms with Gasteiger partial charge in [-0.1, -0.05) is 6.07 Å². The molecule has 0 radical (unpaired) electrons. The summed E-state index contributed by atoms with van der Waals surface area (Å²) in [5.41, 5.74) is 5.13. The van der Waals surface area contributed by atoms with Gasteiger partial charge in [0, 0.05) is 36.6 Å². The van der Waals surface area contributed by atoms with E-state index in [4.69, 9.17) is 9.84 Å². The van der Waals surface area contributed by atoms with Gasteiger partial charge in [-0.15, -0.1) is 5.10 Å². The van der Waals surface area contributed by atoms with Gasteiger partial charge in [0.2, 0.25) is 11.7 Å². The summed E-state index contributed by atoms with van der Waals surface area (Å²) >= 11 is 0. The lowest BCUT2D eigenvalue weighted by Crippen LogP contribution is -1.98. The van der Waals surface area contributed by atoms with Crippen molar-refractivity contribution in [1.29, 1.82) is 0 Å². The number of fused-ring (bicyclic) bond motifs is 1. The zero-order valence-electron chi connectivity index (χ0n) is 16.3. The van der Waals surface area contributed by atoms with Gasteiger partial charge in [0.15, 0.2) is 0 Å². The van der Waals surface area contributed by atoms with E-state index in [0.29, 0.717) is 29.3 Å². The third-order valence-corrected chi connectivity index (χ3v) is 5.31. The monoisotopic (exact) mass is 375 g/mol. The lowest BCUT2D eigenvalue weighted by molar-refractivity contribution is 0.397. The summed E-state index contributed by atoms with van der Waals surface area (Å²) in [6, 6.07) is 8.09. The second kappa shape index (κ2) is 6.12. The molecular weight excluding hydrogens is 354 g/mol. The number of rotatable bonds is 4. The number of hydrogen-bond acceptors (Lipinski definition) is 6. The fraction of sp³-hybridized carbons (Fsp3) is 0.350. The Hall–Kier alpha value is -3.29. The molecule has 8 heteroatoms. The standard InChI is InChI=1S/C20H21N7O/c1-11-7-12(2)27-20(22-11)23-19(25-27)17-9-16(24-26(17)3)15-8-14(15)13-5-6-18(28-4)21-10-13/h5-7,9-10,14-15H,8H2,1-4H3/t14-,15+/m1/s1. The largest absolute Gasteiger partial charge is 0.481 e. The number of nitrogens with zero attached hydrogens (tertiary/aromatic N) is 7. The highest BCUT2D eigenvalue weighted by Crippen LogP contribution is 2.54. The molecule has 0 saturated heterocycles. The van der Waals surface area contributed by atoms with Crippen LogP contribution in [0.4, 0.5) is 0 Å². The molecule has 8 nitrogen and oxygen atoms in total. The molecule has 4 heterocycles. The second-order valence-corrected chi connectivity index (χ2v) is 7.35. The predicted molar refractivity (Wildman–Crippen MR) is 103 cm³/mol. The lowest BCUT2D eigenvalue weighted by atomic mass is 10.1. The van der Waals surface area contributed by atoms with Gasteiger partial charge >= 0.3 is 0 Å². The van der Waals surface area contributed by atoms with E-state index < -0.39 is 0 Å². The lowest BCUT2D eigenvalue weighted by Gasteiger charge is -2.01. The van der Waals surface area contributed by atoms with E-state index in [2.05, 4.69) is 32.2 Å². The first kappa shape index (κ1) is 16.9. The molecule has 0 bridgehead atoms. The molecule has 1 saturated carbocycles. The first-order chi connectivity index (χ1) is 13.5. The summed E-state index contributed by atoms with van der Waals surface area (Å²) in [7, 11) is 3.56. The van der Waals surface area contributed by atoms with Crippen LogP contribution in [-0.2, 0) is 7.05 Å². The van der Waals surface area contributed by atoms with Gasteiger partial charge in [-0.2, -0.15) is 10.1 Å². The molecule has 0 N–H and O–H groups in total. The fourth-order valence-corrected chi connectivity index (χ4v) is 3.78. The summed E-state index contributed by atoms with van der Waals surface area (Å²) in [5.74, 6) is 2.74. The quantitative estimate of drug-likeness (QED) is 0.545. The van der Waals surface area contributed by atoms with Gasteiger partial charge < -0.3 is 4.74 Å². The molecule has 5 rings (SSSR count). The van der Waals surface area contributed by atoms with Crippen LogP contribution in [-0.4, -0.2) is 41.5 Å². The molecule has 0 aliphatic heterocycles. The van der Waals surface area contributed by atoms with Crippen molar-refractivity contribution in [3.63, 3.8) is 0 Å². The van der Waals surface area contributed by atoms with Crippen LogP contribution in [0, 0.1) is 13.8 Å². The first-order valence-electron chi connectivity index (χ1n) is 9.29. The van der Waals surface area contributed by atoms with Crippen LogP contribution in [0.15, 0.2) is 30.5 Å². The van der Waals surface area contributed by atoms with Crippen LogP contribution in [0.5, 0.6) is 5.88 Å². The maximum atomic E-state index is 5.14. The molecule has 4 aromatic rings. The molecule has 0 aromatic carbocycles. The zero-order chi connectivity index (χ0) is 19.4. The van der Waals surface area contributed by atoms with Gasteiger partial charge in [0.1, 0.15) is 5.69 Å². The Morgan fingerprint density at radius 1 is 1.07 bits per heavy atom. The minimum absolute atomic E-state index is 0.397. The highest BCUT2D eigenvalue weighted by molar-refractivity contribution is 5.54. The van der Waals surface area contributed by atoms with E-state index >= 15 is 0 Å². The van der Waals surface area contributed by atoms with Crippen molar-refractivity contribution in [2.45, 2.75) is 32.1 Å². The van der Waals surface area contributed by atoms with E-state index in [1.54, 1.807) is 11.6 Å². The van der Waals surface area contributed by atoms with Gasteiger partial charge in [0.05, 0.1) is 12.8 Å². The molecule has 28 heavy (non-hydrogen) atoms. The number of hydrogen-bond donors (Lipinski definition) is 0. The topological polar surface area (TPSA) is 83.0 Å². The number of ether oxygens (including phenoxy) is 1. The SMILES string of the molecule is COc1ccc([C@H]2C[C@@H]2c2cc(-c3nc4nc(C)cc(C)n4n3)n(C)n2)cn1. The van der Waals surface area contributed by atoms with E-state index in [1.165, 1.54) is 5.56 Å². The van der Waals surface area contributed by atoms with Gasteiger partial charge in [-0.25, -0.2) is 14.5 Å². The molecule has 0 spiro atoms. The molecule has 1 aliphatic rings. The van der Waals surface area contributed by atoms with Gasteiger partial charge in [0.25, 0.3) is 5.78 Å². The van der Waals surface area contributed by atoms with Crippen LogP contribution in [0.2, 0.25) is 0 Å². The van der Waals surface area contributed by atoms with Crippen molar-refractivity contribution in [2.24, 2.45) is 7.05 Å². The normalized spacial score (nSPS) is 18.6. The maximum Gasteiger partial charge on any atom is 0.253 e. The molecule has 1 fully saturated rings. The highest BCUT2D eigenvalue weighted by atomic mass is 16.5. The smallest absolute Gasteiger partial charge is 0.253 e. The molecule has 142 valence electrons. The van der Waals surface area contributed by atoms with Crippen molar-refractivity contribution < 1.29 is 4.74 Å². The second-order valence-electron chi connectivity index (χ2n) is 7.35. The number of aryl methyl sites for hydroxylation is 3. The molecule has 0 unspecified atom stereocenters. The summed E-state index contributed by atoms with van der Waals surface area (Å²) in [5, 5.41) is 9.36. The Labute approximate surface area is 162 Å². The maximum absolute atomic E-state index is 5.14. The van der Waals surface area contributed by atoms with Gasteiger partial charge in [-0.3, -0.25) is 4.68 Å². The van der Waals surface area contributed by atoms with Crippen molar-refractivity contribution in [3.8, 4) is 17.4 Å². The van der Waals surface area contributed by atoms with E-state index in [1.807, 2.05) is 43.9 Å². The zero-order valence-corrected chi connectivity index (χ0v) is 16.3. The van der Waals surface area contributed by atoms with Crippen molar-refractivity contribution in [3.05, 3.63) is 53.1 Å². The molecule has 0 amide bonds. The Morgan fingerprint density at radius 3 is 2.68 bits per heavy atom. The average molecular weight is 375 g/mol. The summed E-state index contributed by atoms with van der Waals surface area (Å²) in [6.07, 6.45) is 2.97. The van der Waals surface area contributed by atoms with E-state index in [0.717, 1.165) is 29.2 Å². The van der Waals surface area contributed by atoms with Crippen LogP contribution in [0.1, 0.15) is 40.9 Å². The Morgan fingerprint density at radius 2 is 1.93 bits per heavy atom. The number of aromatic nitrogens is 7. The van der Waals surface area contributed by atoms with Crippen molar-refractivity contribution >= 4 is 5.78 Å². The minimum Gasteiger partial charge on any atom is -0.481 e. The van der Waals surface area contributed by atoms with Crippen molar-refractivity contribution in [2.75, 3.05) is 7.11 Å². The number of pyridine rings is 1. The van der Waals surface area contributed by atoms with E-state index in [-0.39, 0.29) is 0 Å². The van der Waals surface area contributed by atoms with Crippen LogP contribution >= 0.6 is 0 Å². The molecule has 4 aromatic heterocycles. The first-order valence-corrected chi connectivity index (χ1v) is 9.29. The highest BCUT2D eigenvalue weighted by Gasteiger charge is 2.42. The average Bonchev–Trinajstić information content (AvgIpc) is 3.21. The number of methoxy groups -OCH3 is 1. The van der Waals surface area contributed by atoms with Crippen LogP contribution in [0.25, 0.3) is 17.3 Å². The fourth-order valence-electron chi connectivity index (χ4n) is 3.78. The van der Waals surface area contributed by atoms with E-state index in [9.17, 15) is 0 Å². The van der Waals surface area contributed by atoms with Crippen LogP contribution < -0.4 is 4.74 Å². The predicted octanol–water partition coefficient (Wildman–Crippen LogP) is 2.82. The Bertz CT molecular complexity index is 1180. The Balaban J connectivity index is 1.44. The van der Waals surface area contributed by atoms with Crippen molar-refractivity contribution in [1.82, 2.24) is 34.3 Å². The molecule has 1 aliphatic carbocycles.